The molecule has 0 aliphatic carbocycles. The first kappa shape index (κ1) is 12.3. The molecule has 0 radical (unpaired) electrons. The van der Waals surface area contributed by atoms with Crippen molar-refractivity contribution in [2.24, 2.45) is 12.0 Å². The summed E-state index contributed by atoms with van der Waals surface area (Å²) in [6.45, 7) is 1.93. The number of aryl methyl sites for hydroxylation is 1. The molecule has 5 nitrogen and oxygen atoms in total. The molecule has 0 fully saturated rings. The third-order valence-corrected chi connectivity index (χ3v) is 3.21. The van der Waals surface area contributed by atoms with Crippen molar-refractivity contribution in [2.45, 2.75) is 6.92 Å². The van der Waals surface area contributed by atoms with Gasteiger partial charge in [0.15, 0.2) is 5.70 Å². The molecule has 0 saturated heterocycles. The highest BCUT2D eigenvalue weighted by Gasteiger charge is 2.24. The number of benzene rings is 1. The van der Waals surface area contributed by atoms with Crippen LogP contribution in [0.25, 0.3) is 6.08 Å². The molecule has 100 valence electrons. The second-order valence-corrected chi connectivity index (χ2v) is 4.51. The summed E-state index contributed by atoms with van der Waals surface area (Å²) >= 11 is 0. The Morgan fingerprint density at radius 1 is 1.25 bits per heavy atom. The van der Waals surface area contributed by atoms with Crippen LogP contribution in [0.15, 0.2) is 47.2 Å². The fourth-order valence-electron chi connectivity index (χ4n) is 1.92. The molecule has 0 amide bonds. The van der Waals surface area contributed by atoms with Gasteiger partial charge in [-0.2, -0.15) is 5.10 Å². The van der Waals surface area contributed by atoms with E-state index in [4.69, 9.17) is 4.74 Å². The standard InChI is InChI=1S/C15H13N3O2/c1-10-12(9-16-18(10)2)8-13-15(19)20-14(17-13)11-6-4-3-5-7-11/h3-9H,1-2H3. The number of aromatic nitrogens is 2. The molecule has 2 aromatic rings. The molecule has 0 spiro atoms. The Hall–Kier alpha value is -2.69. The maximum absolute atomic E-state index is 11.8. The van der Waals surface area contributed by atoms with E-state index in [0.29, 0.717) is 11.6 Å². The van der Waals surface area contributed by atoms with Crippen molar-refractivity contribution in [3.8, 4) is 0 Å². The summed E-state index contributed by atoms with van der Waals surface area (Å²) in [5, 5.41) is 4.13. The first-order chi connectivity index (χ1) is 9.65. The summed E-state index contributed by atoms with van der Waals surface area (Å²) in [6, 6.07) is 9.35. The number of esters is 1. The van der Waals surface area contributed by atoms with E-state index < -0.39 is 5.97 Å². The van der Waals surface area contributed by atoms with Crippen molar-refractivity contribution >= 4 is 17.9 Å². The van der Waals surface area contributed by atoms with Gasteiger partial charge in [-0.1, -0.05) is 18.2 Å². The van der Waals surface area contributed by atoms with E-state index >= 15 is 0 Å². The molecule has 20 heavy (non-hydrogen) atoms. The molecule has 1 aromatic carbocycles. The number of hydrogen-bond donors (Lipinski definition) is 0. The van der Waals surface area contributed by atoms with Crippen LogP contribution in [0.5, 0.6) is 0 Å². The maximum Gasteiger partial charge on any atom is 0.363 e. The molecular formula is C15H13N3O2. The van der Waals surface area contributed by atoms with Crippen LogP contribution in [-0.2, 0) is 16.6 Å². The van der Waals surface area contributed by atoms with Crippen molar-refractivity contribution < 1.29 is 9.53 Å². The van der Waals surface area contributed by atoms with E-state index in [1.54, 1.807) is 17.0 Å². The van der Waals surface area contributed by atoms with E-state index in [0.717, 1.165) is 16.8 Å². The van der Waals surface area contributed by atoms with Gasteiger partial charge in [0, 0.05) is 23.9 Å². The molecule has 0 atom stereocenters. The largest absolute Gasteiger partial charge is 0.402 e. The van der Waals surface area contributed by atoms with Gasteiger partial charge < -0.3 is 4.74 Å². The van der Waals surface area contributed by atoms with Crippen LogP contribution in [0.1, 0.15) is 16.8 Å². The first-order valence-electron chi connectivity index (χ1n) is 6.22. The molecular weight excluding hydrogens is 254 g/mol. The van der Waals surface area contributed by atoms with Crippen LogP contribution in [0.2, 0.25) is 0 Å². The number of carbonyl (C=O) groups is 1. The Morgan fingerprint density at radius 2 is 2.00 bits per heavy atom. The lowest BCUT2D eigenvalue weighted by atomic mass is 10.2. The first-order valence-corrected chi connectivity index (χ1v) is 6.22. The van der Waals surface area contributed by atoms with E-state index in [2.05, 4.69) is 10.1 Å². The maximum atomic E-state index is 11.8. The summed E-state index contributed by atoms with van der Waals surface area (Å²) < 4.78 is 6.94. The molecule has 3 rings (SSSR count). The molecule has 0 unspecified atom stereocenters. The van der Waals surface area contributed by atoms with E-state index in [1.165, 1.54) is 0 Å². The van der Waals surface area contributed by atoms with Crippen molar-refractivity contribution in [2.75, 3.05) is 0 Å². The number of aliphatic imine (C=N–C) groups is 1. The predicted octanol–water partition coefficient (Wildman–Crippen LogP) is 2.07. The number of nitrogens with zero attached hydrogens (tertiary/aromatic N) is 3. The zero-order chi connectivity index (χ0) is 14.1. The third-order valence-electron chi connectivity index (χ3n) is 3.21. The van der Waals surface area contributed by atoms with Crippen LogP contribution >= 0.6 is 0 Å². The number of cyclic esters (lactones) is 1. The monoisotopic (exact) mass is 267 g/mol. The highest BCUT2D eigenvalue weighted by Crippen LogP contribution is 2.20. The fourth-order valence-corrected chi connectivity index (χ4v) is 1.92. The van der Waals surface area contributed by atoms with Crippen LogP contribution in [0.3, 0.4) is 0 Å². The average molecular weight is 267 g/mol. The zero-order valence-electron chi connectivity index (χ0n) is 11.2. The summed E-state index contributed by atoms with van der Waals surface area (Å²) in [7, 11) is 1.85. The van der Waals surface area contributed by atoms with Gasteiger partial charge in [0.25, 0.3) is 0 Å². The van der Waals surface area contributed by atoms with Gasteiger partial charge >= 0.3 is 5.97 Å². The lowest BCUT2D eigenvalue weighted by Gasteiger charge is -1.97. The van der Waals surface area contributed by atoms with E-state index in [9.17, 15) is 4.79 Å². The minimum atomic E-state index is -0.438. The Morgan fingerprint density at radius 3 is 2.65 bits per heavy atom. The van der Waals surface area contributed by atoms with Crippen LogP contribution in [0, 0.1) is 6.92 Å². The van der Waals surface area contributed by atoms with Gasteiger partial charge in [0.2, 0.25) is 5.90 Å². The van der Waals surface area contributed by atoms with Crippen molar-refractivity contribution in [1.82, 2.24) is 9.78 Å². The lowest BCUT2D eigenvalue weighted by molar-refractivity contribution is -0.129. The molecule has 1 aromatic heterocycles. The minimum Gasteiger partial charge on any atom is -0.402 e. The molecule has 1 aliphatic rings. The second kappa shape index (κ2) is 4.77. The number of ether oxygens (including phenoxy) is 1. The van der Waals surface area contributed by atoms with Gasteiger partial charge in [-0.25, -0.2) is 9.79 Å². The zero-order valence-corrected chi connectivity index (χ0v) is 11.2. The fraction of sp³-hybridized carbons (Fsp3) is 0.133. The van der Waals surface area contributed by atoms with Gasteiger partial charge in [0.05, 0.1) is 6.20 Å². The van der Waals surface area contributed by atoms with Crippen LogP contribution in [-0.4, -0.2) is 21.6 Å². The topological polar surface area (TPSA) is 56.5 Å². The molecule has 1 aliphatic heterocycles. The summed E-state index contributed by atoms with van der Waals surface area (Å²) in [6.07, 6.45) is 3.40. The minimum absolute atomic E-state index is 0.292. The van der Waals surface area contributed by atoms with Crippen molar-refractivity contribution in [3.05, 3.63) is 59.0 Å². The van der Waals surface area contributed by atoms with Gasteiger partial charge in [0.1, 0.15) is 0 Å². The van der Waals surface area contributed by atoms with Crippen LogP contribution in [0.4, 0.5) is 0 Å². The number of hydrogen-bond acceptors (Lipinski definition) is 4. The SMILES string of the molecule is Cc1c(C=C2N=C(c3ccccc3)OC2=O)cnn1C. The smallest absolute Gasteiger partial charge is 0.363 e. The van der Waals surface area contributed by atoms with Gasteiger partial charge in [-0.05, 0) is 25.1 Å². The average Bonchev–Trinajstić information content (AvgIpc) is 2.98. The third kappa shape index (κ3) is 2.14. The molecule has 2 heterocycles. The van der Waals surface area contributed by atoms with E-state index in [-0.39, 0.29) is 0 Å². The van der Waals surface area contributed by atoms with E-state index in [1.807, 2.05) is 44.3 Å². The number of carbonyl (C=O) groups excluding carboxylic acids is 1. The summed E-state index contributed by atoms with van der Waals surface area (Å²) in [4.78, 5) is 16.1. The Kier molecular flexibility index (Phi) is 2.95. The summed E-state index contributed by atoms with van der Waals surface area (Å²) in [5.74, 6) is -0.101. The van der Waals surface area contributed by atoms with Gasteiger partial charge in [-0.3, -0.25) is 4.68 Å². The molecule has 5 heteroatoms. The van der Waals surface area contributed by atoms with Crippen LogP contribution < -0.4 is 0 Å². The summed E-state index contributed by atoms with van der Waals surface area (Å²) in [5.41, 5.74) is 2.90. The second-order valence-electron chi connectivity index (χ2n) is 4.51. The Labute approximate surface area is 116 Å². The molecule has 0 bridgehead atoms. The van der Waals surface area contributed by atoms with Gasteiger partial charge in [-0.15, -0.1) is 0 Å². The van der Waals surface area contributed by atoms with Crippen molar-refractivity contribution in [3.63, 3.8) is 0 Å². The normalized spacial score (nSPS) is 16.4. The Bertz CT molecular complexity index is 727. The predicted molar refractivity (Wildman–Crippen MR) is 75.0 cm³/mol. The Balaban J connectivity index is 1.97. The highest BCUT2D eigenvalue weighted by atomic mass is 16.6. The molecule has 0 N–H and O–H groups in total. The number of rotatable bonds is 2. The molecule has 0 saturated carbocycles. The van der Waals surface area contributed by atoms with Crippen molar-refractivity contribution in [1.29, 1.82) is 0 Å². The highest BCUT2D eigenvalue weighted by molar-refractivity contribution is 6.12. The lowest BCUT2D eigenvalue weighted by Crippen LogP contribution is -2.04. The quantitative estimate of drug-likeness (QED) is 0.618.